The Morgan fingerprint density at radius 2 is 1.79 bits per heavy atom. The fourth-order valence-electron chi connectivity index (χ4n) is 3.49. The van der Waals surface area contributed by atoms with E-state index in [4.69, 9.17) is 21.1 Å². The maximum atomic E-state index is 12.7. The highest BCUT2D eigenvalue weighted by Crippen LogP contribution is 2.21. The molecule has 0 saturated carbocycles. The van der Waals surface area contributed by atoms with E-state index in [2.05, 4.69) is 0 Å². The number of carbonyl (C=O) groups is 3. The van der Waals surface area contributed by atoms with Crippen LogP contribution in [0.15, 0.2) is 24.3 Å². The first kappa shape index (κ1) is 20.6. The molecular formula is C20H25ClN2O5. The van der Waals surface area contributed by atoms with Crippen molar-refractivity contribution in [3.05, 3.63) is 34.9 Å². The number of ether oxygens (including phenoxy) is 2. The Morgan fingerprint density at radius 1 is 1.11 bits per heavy atom. The van der Waals surface area contributed by atoms with Crippen molar-refractivity contribution in [2.75, 3.05) is 39.4 Å². The molecule has 2 aliphatic rings. The topological polar surface area (TPSA) is 76.2 Å². The molecule has 28 heavy (non-hydrogen) atoms. The van der Waals surface area contributed by atoms with Crippen LogP contribution in [0.1, 0.15) is 30.1 Å². The first-order chi connectivity index (χ1) is 13.5. The molecule has 2 atom stereocenters. The maximum absolute atomic E-state index is 12.7. The molecule has 0 aromatic heterocycles. The average Bonchev–Trinajstić information content (AvgIpc) is 2.74. The molecule has 2 heterocycles. The Labute approximate surface area is 169 Å². The fourth-order valence-corrected chi connectivity index (χ4v) is 3.62. The number of benzene rings is 1. The number of morpholine rings is 1. The molecule has 1 aromatic rings. The summed E-state index contributed by atoms with van der Waals surface area (Å²) in [5, 5.41) is 0.565. The molecule has 152 valence electrons. The molecule has 2 saturated heterocycles. The van der Waals surface area contributed by atoms with Gasteiger partial charge in [-0.15, -0.1) is 0 Å². The first-order valence-electron chi connectivity index (χ1n) is 9.57. The van der Waals surface area contributed by atoms with Gasteiger partial charge in [-0.2, -0.15) is 0 Å². The summed E-state index contributed by atoms with van der Waals surface area (Å²) in [6.07, 6.45) is 0.514. The van der Waals surface area contributed by atoms with Gasteiger partial charge in [0, 0.05) is 36.8 Å². The SMILES string of the molecule is CC(OC(=O)C1CCCN(C(=O)c2ccc(Cl)cc2)C1)C(=O)N1CCOCC1. The van der Waals surface area contributed by atoms with Gasteiger partial charge in [0.2, 0.25) is 0 Å². The molecule has 0 N–H and O–H groups in total. The van der Waals surface area contributed by atoms with Crippen molar-refractivity contribution in [3.8, 4) is 0 Å². The zero-order valence-corrected chi connectivity index (χ0v) is 16.7. The van der Waals surface area contributed by atoms with E-state index in [-0.39, 0.29) is 11.8 Å². The molecule has 2 fully saturated rings. The summed E-state index contributed by atoms with van der Waals surface area (Å²) >= 11 is 5.87. The summed E-state index contributed by atoms with van der Waals surface area (Å²) in [6, 6.07) is 6.69. The van der Waals surface area contributed by atoms with E-state index in [1.54, 1.807) is 41.0 Å². The quantitative estimate of drug-likeness (QED) is 0.712. The molecular weight excluding hydrogens is 384 g/mol. The van der Waals surface area contributed by atoms with Crippen LogP contribution in [0.25, 0.3) is 0 Å². The molecule has 8 heteroatoms. The summed E-state index contributed by atoms with van der Waals surface area (Å²) in [7, 11) is 0. The predicted molar refractivity (Wildman–Crippen MR) is 103 cm³/mol. The van der Waals surface area contributed by atoms with Crippen LogP contribution in [0.5, 0.6) is 0 Å². The van der Waals surface area contributed by atoms with Gasteiger partial charge in [0.25, 0.3) is 11.8 Å². The Balaban J connectivity index is 1.55. The van der Waals surface area contributed by atoms with Crippen LogP contribution in [0, 0.1) is 5.92 Å². The van der Waals surface area contributed by atoms with Crippen LogP contribution >= 0.6 is 11.6 Å². The number of piperidine rings is 1. The highest BCUT2D eigenvalue weighted by atomic mass is 35.5. The van der Waals surface area contributed by atoms with E-state index in [1.807, 2.05) is 0 Å². The maximum Gasteiger partial charge on any atom is 0.311 e. The van der Waals surface area contributed by atoms with Gasteiger partial charge in [-0.05, 0) is 44.0 Å². The van der Waals surface area contributed by atoms with Gasteiger partial charge in [-0.1, -0.05) is 11.6 Å². The minimum atomic E-state index is -0.840. The average molecular weight is 409 g/mol. The second-order valence-corrected chi connectivity index (χ2v) is 7.55. The molecule has 2 amide bonds. The number of esters is 1. The number of likely N-dealkylation sites (tertiary alicyclic amines) is 1. The number of rotatable bonds is 4. The van der Waals surface area contributed by atoms with Gasteiger partial charge < -0.3 is 19.3 Å². The molecule has 7 nitrogen and oxygen atoms in total. The van der Waals surface area contributed by atoms with Crippen LogP contribution in [0.2, 0.25) is 5.02 Å². The van der Waals surface area contributed by atoms with Crippen molar-refractivity contribution >= 4 is 29.4 Å². The highest BCUT2D eigenvalue weighted by molar-refractivity contribution is 6.30. The van der Waals surface area contributed by atoms with Crippen molar-refractivity contribution < 1.29 is 23.9 Å². The minimum Gasteiger partial charge on any atom is -0.452 e. The lowest BCUT2D eigenvalue weighted by atomic mass is 9.97. The van der Waals surface area contributed by atoms with Crippen LogP contribution in [0.3, 0.4) is 0 Å². The van der Waals surface area contributed by atoms with E-state index in [0.29, 0.717) is 62.8 Å². The van der Waals surface area contributed by atoms with E-state index in [1.165, 1.54) is 0 Å². The van der Waals surface area contributed by atoms with Gasteiger partial charge >= 0.3 is 5.97 Å². The van der Waals surface area contributed by atoms with Crippen LogP contribution < -0.4 is 0 Å². The lowest BCUT2D eigenvalue weighted by Gasteiger charge is -2.33. The largest absolute Gasteiger partial charge is 0.452 e. The fraction of sp³-hybridized carbons (Fsp3) is 0.550. The Bertz CT molecular complexity index is 718. The summed E-state index contributed by atoms with van der Waals surface area (Å²) < 4.78 is 10.7. The van der Waals surface area contributed by atoms with Crippen LogP contribution in [0.4, 0.5) is 0 Å². The third-order valence-electron chi connectivity index (χ3n) is 5.10. The number of hydrogen-bond acceptors (Lipinski definition) is 5. The number of nitrogens with zero attached hydrogens (tertiary/aromatic N) is 2. The van der Waals surface area contributed by atoms with Crippen molar-refractivity contribution in [3.63, 3.8) is 0 Å². The molecule has 2 unspecified atom stereocenters. The summed E-state index contributed by atoms with van der Waals surface area (Å²) in [6.45, 7) is 4.48. The summed E-state index contributed by atoms with van der Waals surface area (Å²) in [4.78, 5) is 41.0. The molecule has 2 aliphatic heterocycles. The minimum absolute atomic E-state index is 0.133. The third-order valence-corrected chi connectivity index (χ3v) is 5.35. The summed E-state index contributed by atoms with van der Waals surface area (Å²) in [5.41, 5.74) is 0.536. The molecule has 0 radical (unpaired) electrons. The second-order valence-electron chi connectivity index (χ2n) is 7.11. The number of amides is 2. The van der Waals surface area contributed by atoms with Gasteiger partial charge in [-0.3, -0.25) is 14.4 Å². The van der Waals surface area contributed by atoms with Crippen molar-refractivity contribution in [1.82, 2.24) is 9.80 Å². The van der Waals surface area contributed by atoms with Gasteiger partial charge in [0.1, 0.15) is 0 Å². The van der Waals surface area contributed by atoms with Crippen molar-refractivity contribution in [2.45, 2.75) is 25.9 Å². The highest BCUT2D eigenvalue weighted by Gasteiger charge is 2.33. The number of halogens is 1. The molecule has 0 bridgehead atoms. The number of carbonyl (C=O) groups excluding carboxylic acids is 3. The van der Waals surface area contributed by atoms with E-state index in [0.717, 1.165) is 0 Å². The Kier molecular flexibility index (Phi) is 6.91. The van der Waals surface area contributed by atoms with E-state index >= 15 is 0 Å². The predicted octanol–water partition coefficient (Wildman–Crippen LogP) is 1.98. The Morgan fingerprint density at radius 3 is 2.46 bits per heavy atom. The lowest BCUT2D eigenvalue weighted by Crippen LogP contribution is -2.47. The zero-order valence-electron chi connectivity index (χ0n) is 15.9. The normalized spacial score (nSPS) is 21.1. The molecule has 1 aromatic carbocycles. The smallest absolute Gasteiger partial charge is 0.311 e. The van der Waals surface area contributed by atoms with Crippen molar-refractivity contribution in [2.24, 2.45) is 5.92 Å². The standard InChI is InChI=1S/C20H25ClN2O5/c1-14(18(24)22-9-11-27-12-10-22)28-20(26)16-3-2-8-23(13-16)19(25)15-4-6-17(21)7-5-15/h4-7,14,16H,2-3,8-13H2,1H3. The Hall–Kier alpha value is -2.12. The molecule has 0 spiro atoms. The van der Waals surface area contributed by atoms with Gasteiger partial charge in [0.05, 0.1) is 19.1 Å². The molecule has 3 rings (SSSR count). The number of hydrogen-bond donors (Lipinski definition) is 0. The third kappa shape index (κ3) is 5.02. The first-order valence-corrected chi connectivity index (χ1v) is 9.95. The monoisotopic (exact) mass is 408 g/mol. The van der Waals surface area contributed by atoms with E-state index in [9.17, 15) is 14.4 Å². The van der Waals surface area contributed by atoms with Gasteiger partial charge in [0.15, 0.2) is 6.10 Å². The van der Waals surface area contributed by atoms with E-state index < -0.39 is 18.0 Å². The molecule has 0 aliphatic carbocycles. The van der Waals surface area contributed by atoms with Gasteiger partial charge in [-0.25, -0.2) is 0 Å². The second kappa shape index (κ2) is 9.39. The zero-order chi connectivity index (χ0) is 20.1. The van der Waals surface area contributed by atoms with Crippen LogP contribution in [-0.2, 0) is 19.1 Å². The van der Waals surface area contributed by atoms with Crippen molar-refractivity contribution in [1.29, 1.82) is 0 Å². The van der Waals surface area contributed by atoms with Crippen LogP contribution in [-0.4, -0.2) is 73.1 Å². The summed E-state index contributed by atoms with van der Waals surface area (Å²) in [5.74, 6) is -1.19. The lowest BCUT2D eigenvalue weighted by molar-refractivity contribution is -0.165.